The summed E-state index contributed by atoms with van der Waals surface area (Å²) in [6, 6.07) is 10.5. The van der Waals surface area contributed by atoms with Crippen molar-refractivity contribution in [2.45, 2.75) is 31.6 Å². The fraction of sp³-hybridized carbons (Fsp3) is 0.263. The first-order valence-corrected chi connectivity index (χ1v) is 8.49. The maximum Gasteiger partial charge on any atom is 0.416 e. The molecule has 0 bridgehead atoms. The summed E-state index contributed by atoms with van der Waals surface area (Å²) >= 11 is 0. The van der Waals surface area contributed by atoms with Gasteiger partial charge in [0, 0.05) is 0 Å². The highest BCUT2D eigenvalue weighted by molar-refractivity contribution is 5.74. The van der Waals surface area contributed by atoms with E-state index in [0.29, 0.717) is 0 Å². The van der Waals surface area contributed by atoms with Gasteiger partial charge in [0.2, 0.25) is 5.89 Å². The van der Waals surface area contributed by atoms with Crippen LogP contribution in [-0.2, 0) is 23.1 Å². The average Bonchev–Trinajstić information content (AvgIpc) is 3.12. The van der Waals surface area contributed by atoms with Gasteiger partial charge >= 0.3 is 12.1 Å². The molecule has 2 heterocycles. The zero-order valence-corrected chi connectivity index (χ0v) is 14.7. The Morgan fingerprint density at radius 1 is 1.29 bits per heavy atom. The lowest BCUT2D eigenvalue weighted by Gasteiger charge is -2.26. The van der Waals surface area contributed by atoms with Gasteiger partial charge in [-0.25, -0.2) is 10.4 Å². The van der Waals surface area contributed by atoms with Crippen molar-refractivity contribution >= 4 is 22.8 Å². The molecule has 0 aliphatic carbocycles. The van der Waals surface area contributed by atoms with Crippen molar-refractivity contribution in [3.63, 3.8) is 0 Å². The van der Waals surface area contributed by atoms with E-state index in [1.165, 1.54) is 6.07 Å². The van der Waals surface area contributed by atoms with Crippen LogP contribution in [0, 0.1) is 0 Å². The van der Waals surface area contributed by atoms with Crippen LogP contribution in [0.2, 0.25) is 0 Å². The number of halogens is 3. The van der Waals surface area contributed by atoms with Gasteiger partial charge < -0.3 is 9.52 Å². The smallest absolute Gasteiger partial charge is 0.416 e. The molecule has 6 nitrogen and oxygen atoms in total. The number of aromatic nitrogens is 1. The normalized spacial score (nSPS) is 19.2. The summed E-state index contributed by atoms with van der Waals surface area (Å²) in [6.07, 6.45) is -4.59. The number of carboxylic acids is 1. The molecule has 9 heteroatoms. The molecule has 1 aliphatic rings. The predicted molar refractivity (Wildman–Crippen MR) is 94.4 cm³/mol. The minimum absolute atomic E-state index is 0.116. The largest absolute Gasteiger partial charge is 0.481 e. The van der Waals surface area contributed by atoms with Gasteiger partial charge in [0.15, 0.2) is 5.58 Å². The number of nitrogens with zero attached hydrogens (tertiary/aromatic N) is 2. The van der Waals surface area contributed by atoms with Crippen molar-refractivity contribution in [2.75, 3.05) is 5.01 Å². The van der Waals surface area contributed by atoms with E-state index in [1.807, 2.05) is 24.3 Å². The van der Waals surface area contributed by atoms with Gasteiger partial charge in [-0.2, -0.15) is 13.2 Å². The van der Waals surface area contributed by atoms with Crippen molar-refractivity contribution in [1.29, 1.82) is 0 Å². The number of anilines is 1. The molecule has 2 N–H and O–H groups in total. The number of nitrogens with one attached hydrogen (secondary N) is 1. The minimum atomic E-state index is -4.46. The van der Waals surface area contributed by atoms with Crippen LogP contribution in [0.5, 0.6) is 0 Å². The van der Waals surface area contributed by atoms with E-state index >= 15 is 0 Å². The van der Waals surface area contributed by atoms with Crippen molar-refractivity contribution < 1.29 is 27.5 Å². The Kier molecular flexibility index (Phi) is 4.07. The van der Waals surface area contributed by atoms with Gasteiger partial charge in [-0.1, -0.05) is 18.2 Å². The lowest BCUT2D eigenvalue weighted by atomic mass is 9.90. The number of carboxylic acid groups (broad SMARTS) is 1. The number of hydrogen-bond donors (Lipinski definition) is 2. The summed E-state index contributed by atoms with van der Waals surface area (Å²) in [6.45, 7) is 1.91. The van der Waals surface area contributed by atoms with E-state index in [9.17, 15) is 23.1 Å². The monoisotopic (exact) mass is 391 g/mol. The van der Waals surface area contributed by atoms with Gasteiger partial charge in [0.1, 0.15) is 12.1 Å². The lowest BCUT2D eigenvalue weighted by Crippen LogP contribution is -2.45. The number of hydrogen-bond acceptors (Lipinski definition) is 5. The van der Waals surface area contributed by atoms with E-state index in [1.54, 1.807) is 11.9 Å². The minimum Gasteiger partial charge on any atom is -0.481 e. The molecule has 1 aromatic heterocycles. The maximum absolute atomic E-state index is 12.9. The van der Waals surface area contributed by atoms with E-state index in [2.05, 4.69) is 10.4 Å². The molecule has 146 valence electrons. The molecular weight excluding hydrogens is 375 g/mol. The summed E-state index contributed by atoms with van der Waals surface area (Å²) in [5, 5.41) is 10.9. The Morgan fingerprint density at radius 3 is 2.75 bits per heavy atom. The number of para-hydroxylation sites is 1. The average molecular weight is 391 g/mol. The third kappa shape index (κ3) is 3.18. The SMILES string of the molecule is CC1(CC(=O)O)NN(Cc2nc3cc(C(F)(F)F)ccc3o2)c2ccccc21. The molecule has 3 aromatic rings. The van der Waals surface area contributed by atoms with Gasteiger partial charge in [-0.3, -0.25) is 9.80 Å². The number of benzene rings is 2. The van der Waals surface area contributed by atoms with Crippen molar-refractivity contribution in [1.82, 2.24) is 10.4 Å². The van der Waals surface area contributed by atoms with Gasteiger partial charge in [-0.05, 0) is 36.8 Å². The van der Waals surface area contributed by atoms with Crippen LogP contribution >= 0.6 is 0 Å². The quantitative estimate of drug-likeness (QED) is 0.698. The first-order valence-electron chi connectivity index (χ1n) is 8.49. The first kappa shape index (κ1) is 18.3. The molecule has 0 saturated heterocycles. The summed E-state index contributed by atoms with van der Waals surface area (Å²) in [5.74, 6) is -0.732. The molecule has 0 radical (unpaired) electrons. The predicted octanol–water partition coefficient (Wildman–Crippen LogP) is 4.06. The second kappa shape index (κ2) is 6.23. The Hall–Kier alpha value is -3.07. The van der Waals surface area contributed by atoms with Crippen LogP contribution < -0.4 is 10.4 Å². The summed E-state index contributed by atoms with van der Waals surface area (Å²) in [4.78, 5) is 15.5. The fourth-order valence-corrected chi connectivity index (χ4v) is 3.51. The number of alkyl halides is 3. The molecule has 0 amide bonds. The number of aliphatic carboxylic acids is 1. The molecule has 4 rings (SSSR count). The van der Waals surface area contributed by atoms with E-state index in [0.717, 1.165) is 23.4 Å². The third-order valence-corrected chi connectivity index (χ3v) is 4.73. The van der Waals surface area contributed by atoms with Gasteiger partial charge in [-0.15, -0.1) is 0 Å². The number of fused-ring (bicyclic) bond motifs is 2. The maximum atomic E-state index is 12.9. The van der Waals surface area contributed by atoms with E-state index < -0.39 is 23.2 Å². The summed E-state index contributed by atoms with van der Waals surface area (Å²) < 4.78 is 44.2. The van der Waals surface area contributed by atoms with E-state index in [-0.39, 0.29) is 30.0 Å². The Labute approximate surface area is 157 Å². The van der Waals surface area contributed by atoms with Crippen LogP contribution in [0.1, 0.15) is 30.4 Å². The van der Waals surface area contributed by atoms with Crippen molar-refractivity contribution in [2.24, 2.45) is 0 Å². The highest BCUT2D eigenvalue weighted by atomic mass is 19.4. The van der Waals surface area contributed by atoms with Crippen molar-refractivity contribution in [3.05, 3.63) is 59.5 Å². The number of carbonyl (C=O) groups is 1. The molecule has 2 aromatic carbocycles. The topological polar surface area (TPSA) is 78.6 Å². The fourth-order valence-electron chi connectivity index (χ4n) is 3.51. The van der Waals surface area contributed by atoms with Crippen LogP contribution in [0.25, 0.3) is 11.1 Å². The van der Waals surface area contributed by atoms with Crippen LogP contribution in [-0.4, -0.2) is 16.1 Å². The standard InChI is InChI=1S/C19H16F3N3O3/c1-18(9-17(26)27)12-4-2-3-5-14(12)25(24-18)10-16-23-13-8-11(19(20,21)22)6-7-15(13)28-16/h2-8,24H,9-10H2,1H3,(H,26,27). The molecular formula is C19H16F3N3O3. The number of rotatable bonds is 4. The molecule has 0 fully saturated rings. The van der Waals surface area contributed by atoms with Crippen molar-refractivity contribution in [3.8, 4) is 0 Å². The molecule has 1 unspecified atom stereocenters. The van der Waals surface area contributed by atoms with Crippen LogP contribution in [0.4, 0.5) is 18.9 Å². The first-order chi connectivity index (χ1) is 13.2. The second-order valence-corrected chi connectivity index (χ2v) is 6.91. The summed E-state index contributed by atoms with van der Waals surface area (Å²) in [5.41, 5.74) is 3.50. The van der Waals surface area contributed by atoms with Gasteiger partial charge in [0.05, 0.1) is 23.2 Å². The highest BCUT2D eigenvalue weighted by Gasteiger charge is 2.40. The summed E-state index contributed by atoms with van der Waals surface area (Å²) in [7, 11) is 0. The Balaban J connectivity index is 1.65. The molecule has 0 saturated carbocycles. The Morgan fingerprint density at radius 2 is 2.04 bits per heavy atom. The van der Waals surface area contributed by atoms with Crippen LogP contribution in [0.3, 0.4) is 0 Å². The highest BCUT2D eigenvalue weighted by Crippen LogP contribution is 2.40. The molecule has 1 aliphatic heterocycles. The third-order valence-electron chi connectivity index (χ3n) is 4.73. The van der Waals surface area contributed by atoms with Gasteiger partial charge in [0.25, 0.3) is 0 Å². The molecule has 0 spiro atoms. The zero-order chi connectivity index (χ0) is 20.1. The second-order valence-electron chi connectivity index (χ2n) is 6.91. The zero-order valence-electron chi connectivity index (χ0n) is 14.7. The van der Waals surface area contributed by atoms with E-state index in [4.69, 9.17) is 4.42 Å². The van der Waals surface area contributed by atoms with Crippen LogP contribution in [0.15, 0.2) is 46.9 Å². The molecule has 28 heavy (non-hydrogen) atoms. The Bertz CT molecular complexity index is 1060. The number of oxazole rings is 1. The number of hydrazine groups is 1. The lowest BCUT2D eigenvalue weighted by molar-refractivity contribution is -0.139. The molecule has 1 atom stereocenters.